The van der Waals surface area contributed by atoms with Crippen molar-refractivity contribution in [1.82, 2.24) is 19.7 Å². The van der Waals surface area contributed by atoms with Crippen molar-refractivity contribution in [2.75, 3.05) is 19.8 Å². The predicted molar refractivity (Wildman–Crippen MR) is 90.5 cm³/mol. The fourth-order valence-electron chi connectivity index (χ4n) is 2.54. The molecular weight excluding hydrogens is 316 g/mol. The molecule has 1 aliphatic rings. The van der Waals surface area contributed by atoms with E-state index >= 15 is 0 Å². The molecule has 0 N–H and O–H groups in total. The molecule has 2 rings (SSSR count). The summed E-state index contributed by atoms with van der Waals surface area (Å²) in [6.07, 6.45) is 4.40. The van der Waals surface area contributed by atoms with Crippen molar-refractivity contribution in [3.05, 3.63) is 22.9 Å². The summed E-state index contributed by atoms with van der Waals surface area (Å²) < 4.78 is 4.49. The lowest BCUT2D eigenvalue weighted by Gasteiger charge is -2.38. The van der Waals surface area contributed by atoms with Crippen LogP contribution >= 0.6 is 11.3 Å². The number of hydrogen-bond acceptors (Lipinski definition) is 7. The Morgan fingerprint density at radius 3 is 2.96 bits per heavy atom. The van der Waals surface area contributed by atoms with Crippen LogP contribution in [0.1, 0.15) is 38.1 Å². The third-order valence-electron chi connectivity index (χ3n) is 3.93. The molecule has 2 atom stereocenters. The predicted octanol–water partition coefficient (Wildman–Crippen LogP) is 2.42. The molecule has 1 saturated heterocycles. The Hall–Kier alpha value is -1.35. The van der Waals surface area contributed by atoms with Gasteiger partial charge >= 0.3 is 11.1 Å². The third kappa shape index (κ3) is 4.14. The maximum absolute atomic E-state index is 13.3. The molecule has 0 spiro atoms. The van der Waals surface area contributed by atoms with Gasteiger partial charge in [0.25, 0.3) is 6.23 Å². The number of hydrogen-bond donors (Lipinski definition) is 0. The van der Waals surface area contributed by atoms with Gasteiger partial charge in [-0.25, -0.2) is 9.69 Å². The van der Waals surface area contributed by atoms with Crippen LogP contribution in [0.5, 0.6) is 0 Å². The second-order valence-electron chi connectivity index (χ2n) is 5.64. The highest BCUT2D eigenvalue weighted by molar-refractivity contribution is 7.15. The van der Waals surface area contributed by atoms with Crippen LogP contribution in [0.2, 0.25) is 0 Å². The van der Waals surface area contributed by atoms with Crippen molar-refractivity contribution in [2.45, 2.75) is 45.8 Å². The summed E-state index contributed by atoms with van der Waals surface area (Å²) in [7, 11) is 0. The molecule has 2 heterocycles. The quantitative estimate of drug-likeness (QED) is 0.238. The number of unbranched alkanes of at least 4 members (excludes halogenated alkanes) is 2. The van der Waals surface area contributed by atoms with Gasteiger partial charge in [-0.05, 0) is 17.8 Å². The van der Waals surface area contributed by atoms with Gasteiger partial charge < -0.3 is 9.94 Å². The minimum Gasteiger partial charge on any atom is -0.622 e. The molecule has 0 radical (unpaired) electrons. The summed E-state index contributed by atoms with van der Waals surface area (Å²) in [5.41, 5.74) is 0. The summed E-state index contributed by atoms with van der Waals surface area (Å²) >= 11 is 1.32. The van der Waals surface area contributed by atoms with E-state index in [1.807, 2.05) is 11.8 Å². The first-order valence-electron chi connectivity index (χ1n) is 8.00. The van der Waals surface area contributed by atoms with E-state index in [-0.39, 0.29) is 6.67 Å². The van der Waals surface area contributed by atoms with E-state index in [1.165, 1.54) is 11.3 Å². The average Bonchev–Trinajstić information content (AvgIpc) is 3.14. The Labute approximate surface area is 140 Å². The van der Waals surface area contributed by atoms with Crippen molar-refractivity contribution >= 4 is 22.4 Å². The maximum Gasteiger partial charge on any atom is 0.334 e. The highest BCUT2D eigenvalue weighted by Gasteiger charge is 2.45. The lowest BCUT2D eigenvalue weighted by atomic mass is 10.2. The van der Waals surface area contributed by atoms with Crippen molar-refractivity contribution in [3.8, 4) is 0 Å². The van der Waals surface area contributed by atoms with Crippen molar-refractivity contribution in [3.63, 3.8) is 0 Å². The number of ether oxygens (including phenoxy) is 1. The van der Waals surface area contributed by atoms with Gasteiger partial charge in [-0.15, -0.1) is 5.10 Å². The van der Waals surface area contributed by atoms with Crippen LogP contribution < -0.4 is 4.65 Å². The number of rotatable bonds is 8. The van der Waals surface area contributed by atoms with Gasteiger partial charge in [0.15, 0.2) is 0 Å². The Morgan fingerprint density at radius 1 is 1.52 bits per heavy atom. The number of aromatic nitrogens is 2. The molecule has 8 heteroatoms. The van der Waals surface area contributed by atoms with Crippen LogP contribution in [-0.4, -0.2) is 47.1 Å². The minimum atomic E-state index is -0.822. The highest BCUT2D eigenvalue weighted by atomic mass is 32.1. The molecule has 128 valence electrons. The number of carbonyl (C=O) groups is 1. The van der Waals surface area contributed by atoms with E-state index < -0.39 is 16.8 Å². The molecule has 1 fully saturated rings. The van der Waals surface area contributed by atoms with E-state index in [9.17, 15) is 10.0 Å². The molecule has 0 bridgehead atoms. The number of esters is 1. The Kier molecular flexibility index (Phi) is 6.23. The van der Waals surface area contributed by atoms with Gasteiger partial charge in [-0.1, -0.05) is 38.4 Å². The van der Waals surface area contributed by atoms with Gasteiger partial charge in [0.05, 0.1) is 6.54 Å². The molecule has 0 aromatic carbocycles. The van der Waals surface area contributed by atoms with Crippen molar-refractivity contribution in [2.24, 2.45) is 0 Å². The van der Waals surface area contributed by atoms with Crippen LogP contribution in [0.3, 0.4) is 0 Å². The van der Waals surface area contributed by atoms with Gasteiger partial charge in [0.2, 0.25) is 0 Å². The maximum atomic E-state index is 13.3. The zero-order valence-corrected chi connectivity index (χ0v) is 14.5. The molecule has 1 aromatic rings. The van der Waals surface area contributed by atoms with E-state index in [2.05, 4.69) is 23.7 Å². The molecule has 1 aromatic heterocycles. The lowest BCUT2D eigenvalue weighted by molar-refractivity contribution is -0.147. The number of aryl methyl sites for hydroxylation is 1. The van der Waals surface area contributed by atoms with Crippen LogP contribution in [0.25, 0.3) is 0 Å². The average molecular weight is 340 g/mol. The third-order valence-corrected chi connectivity index (χ3v) is 5.02. The molecule has 7 nitrogen and oxygen atoms in total. The van der Waals surface area contributed by atoms with E-state index in [4.69, 9.17) is 4.74 Å². The summed E-state index contributed by atoms with van der Waals surface area (Å²) in [4.78, 5) is 13.5. The number of hydroxylamine groups is 2. The highest BCUT2D eigenvalue weighted by Crippen LogP contribution is 2.34. The topological polar surface area (TPSA) is 78.4 Å². The van der Waals surface area contributed by atoms with Gasteiger partial charge in [-0.3, -0.25) is 4.65 Å². The fraction of sp³-hybridized carbons (Fsp3) is 0.667. The van der Waals surface area contributed by atoms with Crippen LogP contribution in [-0.2, 0) is 16.0 Å². The normalized spacial score (nSPS) is 24.7. The van der Waals surface area contributed by atoms with Crippen LogP contribution in [0.4, 0.5) is 5.13 Å². The Balaban J connectivity index is 2.15. The van der Waals surface area contributed by atoms with E-state index in [0.717, 1.165) is 36.8 Å². The second kappa shape index (κ2) is 7.96. The van der Waals surface area contributed by atoms with Crippen LogP contribution in [0, 0.1) is 5.21 Å². The van der Waals surface area contributed by atoms with Crippen LogP contribution in [0.15, 0.2) is 12.7 Å². The smallest absolute Gasteiger partial charge is 0.334 e. The molecule has 0 amide bonds. The van der Waals surface area contributed by atoms with Gasteiger partial charge in [-0.2, -0.15) is 0 Å². The Morgan fingerprint density at radius 2 is 2.30 bits per heavy atom. The standard InChI is InChI=1S/C15H24N4O3S/c1-4-7-8-9-12-16-17-15(23-12)19(21)11-18(6-3)10-13(19)22-14(20)5-2/h5,13H,2,4,6-11H2,1,3H3. The first-order valence-corrected chi connectivity index (χ1v) is 8.82. The van der Waals surface area contributed by atoms with Gasteiger partial charge in [0, 0.05) is 19.0 Å². The molecule has 0 saturated carbocycles. The van der Waals surface area contributed by atoms with Crippen molar-refractivity contribution < 1.29 is 9.53 Å². The number of likely N-dealkylation sites (N-methyl/N-ethyl adjacent to an activating group) is 1. The molecule has 2 unspecified atom stereocenters. The summed E-state index contributed by atoms with van der Waals surface area (Å²) in [5, 5.41) is 22.7. The second-order valence-corrected chi connectivity index (χ2v) is 6.68. The zero-order valence-electron chi connectivity index (χ0n) is 13.7. The first kappa shape index (κ1) is 18.0. The Bertz CT molecular complexity index is 551. The van der Waals surface area contributed by atoms with E-state index in [1.54, 1.807) is 0 Å². The van der Waals surface area contributed by atoms with Gasteiger partial charge in [0.1, 0.15) is 11.7 Å². The zero-order chi connectivity index (χ0) is 16.9. The largest absolute Gasteiger partial charge is 0.622 e. The molecule has 0 aliphatic carbocycles. The molecule has 1 aliphatic heterocycles. The number of carbonyl (C=O) groups excluding carboxylic acids is 1. The molecular formula is C15H24N4O3S. The monoisotopic (exact) mass is 340 g/mol. The fourth-order valence-corrected chi connectivity index (χ4v) is 3.49. The SMILES string of the molecule is C=CC(=O)OC1CN(CC)C[N+]1([O-])c1nnc(CCCCC)s1. The summed E-state index contributed by atoms with van der Waals surface area (Å²) in [5.74, 6) is -0.584. The van der Waals surface area contributed by atoms with E-state index in [0.29, 0.717) is 18.2 Å². The molecule has 23 heavy (non-hydrogen) atoms. The first-order chi connectivity index (χ1) is 11.0. The minimum absolute atomic E-state index is 0.217. The number of nitrogens with zero attached hydrogens (tertiary/aromatic N) is 4. The van der Waals surface area contributed by atoms with Crippen molar-refractivity contribution in [1.29, 1.82) is 0 Å². The summed E-state index contributed by atoms with van der Waals surface area (Å²) in [6.45, 7) is 8.83. The lowest BCUT2D eigenvalue weighted by Crippen LogP contribution is -2.50. The summed E-state index contributed by atoms with van der Waals surface area (Å²) in [6, 6.07) is 0. The number of quaternary nitrogens is 1.